The Bertz CT molecular complexity index is 1160. The van der Waals surface area contributed by atoms with E-state index in [0.29, 0.717) is 29.3 Å². The van der Waals surface area contributed by atoms with E-state index in [0.717, 1.165) is 0 Å². The second kappa shape index (κ2) is 6.16. The lowest BCUT2D eigenvalue weighted by molar-refractivity contribution is -0.145. The fourth-order valence-electron chi connectivity index (χ4n) is 4.83. The van der Waals surface area contributed by atoms with Crippen LogP contribution in [-0.2, 0) is 15.6 Å². The Morgan fingerprint density at radius 3 is 2.28 bits per heavy atom. The lowest BCUT2D eigenvalue weighted by Gasteiger charge is -2.38. The van der Waals surface area contributed by atoms with Crippen molar-refractivity contribution in [2.24, 2.45) is 5.41 Å². The number of benzene rings is 1. The maximum absolute atomic E-state index is 13.6. The summed E-state index contributed by atoms with van der Waals surface area (Å²) in [5.74, 6) is -0.299. The van der Waals surface area contributed by atoms with Gasteiger partial charge in [0.2, 0.25) is 0 Å². The Balaban J connectivity index is 1.90. The van der Waals surface area contributed by atoms with Crippen LogP contribution in [-0.4, -0.2) is 15.9 Å². The summed E-state index contributed by atoms with van der Waals surface area (Å²) >= 11 is 12.1. The minimum absolute atomic E-state index is 0.0277. The van der Waals surface area contributed by atoms with E-state index >= 15 is 0 Å². The molecule has 2 atom stereocenters. The molecule has 0 spiro atoms. The van der Waals surface area contributed by atoms with Gasteiger partial charge in [-0.05, 0) is 36.5 Å². The molecule has 0 aliphatic heterocycles. The number of esters is 1. The molecular weight excluding hydrogens is 411 g/mol. The van der Waals surface area contributed by atoms with E-state index in [1.54, 1.807) is 12.1 Å². The Labute approximate surface area is 178 Å². The molecule has 8 heteroatoms. The standard InChI is InChI=1S/C21H16Cl2N4O2/c1-19(2)20(3)6-7-21(19,17-16(20)26-13(9-24)14(10-25)27-17)18(28)29-15-5-4-11(22)8-12(15)23/h4-5,8H,6-7H2,1-3H3. The first-order chi connectivity index (χ1) is 13.6. The van der Waals surface area contributed by atoms with Crippen molar-refractivity contribution in [3.63, 3.8) is 0 Å². The van der Waals surface area contributed by atoms with E-state index in [-0.39, 0.29) is 22.2 Å². The van der Waals surface area contributed by atoms with Crippen molar-refractivity contribution in [3.05, 3.63) is 51.0 Å². The molecule has 0 saturated heterocycles. The molecule has 1 fully saturated rings. The third-order valence-electron chi connectivity index (χ3n) is 6.93. The molecule has 2 aliphatic carbocycles. The van der Waals surface area contributed by atoms with Crippen molar-refractivity contribution in [2.45, 2.75) is 44.4 Å². The summed E-state index contributed by atoms with van der Waals surface area (Å²) in [6.45, 7) is 5.98. The molecular formula is C21H16Cl2N4O2. The van der Waals surface area contributed by atoms with Gasteiger partial charge in [-0.3, -0.25) is 4.79 Å². The van der Waals surface area contributed by atoms with Crippen LogP contribution in [0.15, 0.2) is 18.2 Å². The van der Waals surface area contributed by atoms with Gasteiger partial charge >= 0.3 is 5.97 Å². The lowest BCUT2D eigenvalue weighted by Crippen LogP contribution is -2.48. The number of nitrogens with zero attached hydrogens (tertiary/aromatic N) is 4. The third kappa shape index (κ3) is 2.31. The molecule has 6 nitrogen and oxygen atoms in total. The summed E-state index contributed by atoms with van der Waals surface area (Å²) < 4.78 is 5.73. The van der Waals surface area contributed by atoms with Crippen molar-refractivity contribution in [1.82, 2.24) is 9.97 Å². The van der Waals surface area contributed by atoms with Gasteiger partial charge in [-0.15, -0.1) is 0 Å². The van der Waals surface area contributed by atoms with Crippen molar-refractivity contribution in [3.8, 4) is 17.9 Å². The summed E-state index contributed by atoms with van der Waals surface area (Å²) in [6, 6.07) is 8.48. The van der Waals surface area contributed by atoms with Crippen LogP contribution in [0, 0.1) is 28.1 Å². The number of aromatic nitrogens is 2. The molecule has 0 radical (unpaired) electrons. The van der Waals surface area contributed by atoms with Crippen LogP contribution in [0.25, 0.3) is 0 Å². The van der Waals surface area contributed by atoms with E-state index in [1.165, 1.54) is 6.07 Å². The second-order valence-corrected chi connectivity index (χ2v) is 9.01. The SMILES string of the molecule is CC12CCC(C(=O)Oc3ccc(Cl)cc3Cl)(c3nc(C#N)c(C#N)nc31)C2(C)C. The molecule has 146 valence electrons. The van der Waals surface area contributed by atoms with Crippen molar-refractivity contribution in [2.75, 3.05) is 0 Å². The normalized spacial score (nSPS) is 25.8. The number of fused-ring (bicyclic) bond motifs is 5. The van der Waals surface area contributed by atoms with Crippen LogP contribution in [0.5, 0.6) is 5.75 Å². The molecule has 0 N–H and O–H groups in total. The highest BCUT2D eigenvalue weighted by molar-refractivity contribution is 6.35. The summed E-state index contributed by atoms with van der Waals surface area (Å²) in [5.41, 5.74) is -1.30. The monoisotopic (exact) mass is 426 g/mol. The van der Waals surface area contributed by atoms with Crippen LogP contribution in [0.4, 0.5) is 0 Å². The number of carbonyl (C=O) groups is 1. The lowest BCUT2D eigenvalue weighted by atomic mass is 9.64. The number of hydrogen-bond donors (Lipinski definition) is 0. The molecule has 1 heterocycles. The Hall–Kier alpha value is -2.67. The predicted octanol–water partition coefficient (Wildman–Crippen LogP) is 4.46. The van der Waals surface area contributed by atoms with Crippen LogP contribution >= 0.6 is 23.2 Å². The van der Waals surface area contributed by atoms with Gasteiger partial charge in [0.15, 0.2) is 11.4 Å². The van der Waals surface area contributed by atoms with E-state index < -0.39 is 22.2 Å². The quantitative estimate of drug-likeness (QED) is 0.518. The van der Waals surface area contributed by atoms with Gasteiger partial charge in [-0.1, -0.05) is 44.0 Å². The van der Waals surface area contributed by atoms with E-state index in [1.807, 2.05) is 32.9 Å². The Morgan fingerprint density at radius 2 is 1.69 bits per heavy atom. The van der Waals surface area contributed by atoms with Gasteiger partial charge in [-0.25, -0.2) is 9.97 Å². The highest BCUT2D eigenvalue weighted by Crippen LogP contribution is 2.70. The molecule has 1 saturated carbocycles. The first-order valence-electron chi connectivity index (χ1n) is 9.03. The first-order valence-corrected chi connectivity index (χ1v) is 9.78. The molecule has 29 heavy (non-hydrogen) atoms. The van der Waals surface area contributed by atoms with Gasteiger partial charge in [0.25, 0.3) is 0 Å². The zero-order valence-corrected chi connectivity index (χ0v) is 17.5. The predicted molar refractivity (Wildman–Crippen MR) is 106 cm³/mol. The molecule has 1 aromatic heterocycles. The highest BCUT2D eigenvalue weighted by Gasteiger charge is 2.74. The number of rotatable bonds is 2. The number of halogens is 2. The number of hydrogen-bond acceptors (Lipinski definition) is 6. The van der Waals surface area contributed by atoms with Gasteiger partial charge < -0.3 is 4.74 Å². The summed E-state index contributed by atoms with van der Waals surface area (Å²) in [7, 11) is 0. The maximum Gasteiger partial charge on any atom is 0.324 e. The summed E-state index contributed by atoms with van der Waals surface area (Å²) in [4.78, 5) is 22.5. The maximum atomic E-state index is 13.6. The molecule has 4 rings (SSSR count). The van der Waals surface area contributed by atoms with Gasteiger partial charge in [0.1, 0.15) is 23.3 Å². The van der Waals surface area contributed by atoms with Crippen molar-refractivity contribution >= 4 is 29.2 Å². The summed E-state index contributed by atoms with van der Waals surface area (Å²) in [6.07, 6.45) is 1.18. The number of carbonyl (C=O) groups excluding carboxylic acids is 1. The van der Waals surface area contributed by atoms with Crippen LogP contribution in [0.1, 0.15) is 56.4 Å². The van der Waals surface area contributed by atoms with E-state index in [9.17, 15) is 15.3 Å². The Kier molecular flexibility index (Phi) is 4.17. The van der Waals surface area contributed by atoms with Crippen LogP contribution in [0.3, 0.4) is 0 Å². The van der Waals surface area contributed by atoms with Crippen molar-refractivity contribution < 1.29 is 9.53 Å². The number of ether oxygens (including phenoxy) is 1. The Morgan fingerprint density at radius 1 is 1.07 bits per heavy atom. The zero-order chi connectivity index (χ0) is 21.2. The second-order valence-electron chi connectivity index (χ2n) is 8.17. The average molecular weight is 427 g/mol. The van der Waals surface area contributed by atoms with E-state index in [4.69, 9.17) is 27.9 Å². The largest absolute Gasteiger partial charge is 0.424 e. The van der Waals surface area contributed by atoms with Crippen LogP contribution in [0.2, 0.25) is 10.0 Å². The molecule has 1 aromatic carbocycles. The first kappa shape index (κ1) is 19.6. The molecule has 2 aromatic rings. The minimum Gasteiger partial charge on any atom is -0.424 e. The smallest absolute Gasteiger partial charge is 0.324 e. The van der Waals surface area contributed by atoms with Crippen molar-refractivity contribution in [1.29, 1.82) is 10.5 Å². The zero-order valence-electron chi connectivity index (χ0n) is 16.0. The van der Waals surface area contributed by atoms with Gasteiger partial charge in [-0.2, -0.15) is 10.5 Å². The van der Waals surface area contributed by atoms with Gasteiger partial charge in [0.05, 0.1) is 16.4 Å². The minimum atomic E-state index is -1.10. The fraction of sp³-hybridized carbons (Fsp3) is 0.381. The molecule has 0 amide bonds. The molecule has 2 bridgehead atoms. The molecule has 2 unspecified atom stereocenters. The molecule has 2 aliphatic rings. The average Bonchev–Trinajstić information content (AvgIpc) is 2.98. The third-order valence-corrected chi connectivity index (χ3v) is 7.46. The fourth-order valence-corrected chi connectivity index (χ4v) is 5.28. The number of nitriles is 2. The topological polar surface area (TPSA) is 99.7 Å². The highest BCUT2D eigenvalue weighted by atomic mass is 35.5. The van der Waals surface area contributed by atoms with Crippen LogP contribution < -0.4 is 4.74 Å². The van der Waals surface area contributed by atoms with Gasteiger partial charge in [0, 0.05) is 10.4 Å². The van der Waals surface area contributed by atoms with E-state index in [2.05, 4.69) is 9.97 Å². The summed E-state index contributed by atoms with van der Waals surface area (Å²) in [5, 5.41) is 19.4.